The van der Waals surface area contributed by atoms with Gasteiger partial charge in [-0.3, -0.25) is 19.3 Å². The van der Waals surface area contributed by atoms with Gasteiger partial charge in [-0.05, 0) is 65.4 Å². The number of benzene rings is 3. The van der Waals surface area contributed by atoms with E-state index in [2.05, 4.69) is 5.32 Å². The molecule has 1 aliphatic rings. The summed E-state index contributed by atoms with van der Waals surface area (Å²) in [5, 5.41) is 3.17. The minimum absolute atomic E-state index is 0.211. The van der Waals surface area contributed by atoms with Gasteiger partial charge >= 0.3 is 0 Å². The standard InChI is InChI=1S/C25H18Cl2N2O4S/c26-18-9-6-16(7-10-18)15-33-21-11-8-17(12-20(21)27)13-22-24(31)29(25(32)34-22)14-23(30)28-19-4-2-1-3-5-19/h1-13H,14-15H2,(H,28,30)/b22-13-. The zero-order chi connectivity index (χ0) is 24.1. The molecule has 9 heteroatoms. The van der Waals surface area contributed by atoms with E-state index in [1.807, 2.05) is 18.2 Å². The molecule has 1 aliphatic heterocycles. The van der Waals surface area contributed by atoms with Crippen molar-refractivity contribution in [2.24, 2.45) is 0 Å². The molecule has 0 aliphatic carbocycles. The van der Waals surface area contributed by atoms with Gasteiger partial charge in [0.05, 0.1) is 9.93 Å². The predicted molar refractivity (Wildman–Crippen MR) is 135 cm³/mol. The van der Waals surface area contributed by atoms with Crippen LogP contribution in [-0.4, -0.2) is 28.5 Å². The van der Waals surface area contributed by atoms with Crippen molar-refractivity contribution in [3.8, 4) is 5.75 Å². The Morgan fingerprint density at radius 1 is 1.00 bits per heavy atom. The summed E-state index contributed by atoms with van der Waals surface area (Å²) in [6.45, 7) is -0.0463. The molecule has 1 saturated heterocycles. The summed E-state index contributed by atoms with van der Waals surface area (Å²) in [5.74, 6) is -0.503. The van der Waals surface area contributed by atoms with Crippen molar-refractivity contribution in [3.63, 3.8) is 0 Å². The summed E-state index contributed by atoms with van der Waals surface area (Å²) in [6.07, 6.45) is 1.56. The fraction of sp³-hybridized carbons (Fsp3) is 0.0800. The molecule has 1 fully saturated rings. The van der Waals surface area contributed by atoms with Crippen molar-refractivity contribution in [2.45, 2.75) is 6.61 Å². The second-order valence-electron chi connectivity index (χ2n) is 7.29. The van der Waals surface area contributed by atoms with E-state index in [9.17, 15) is 14.4 Å². The molecule has 3 aromatic carbocycles. The Labute approximate surface area is 210 Å². The highest BCUT2D eigenvalue weighted by atomic mass is 35.5. The Bertz CT molecular complexity index is 1260. The van der Waals surface area contributed by atoms with Crippen LogP contribution in [0.2, 0.25) is 10.0 Å². The number of rotatable bonds is 7. The summed E-state index contributed by atoms with van der Waals surface area (Å²) < 4.78 is 5.76. The topological polar surface area (TPSA) is 75.7 Å². The lowest BCUT2D eigenvalue weighted by Gasteiger charge is -2.12. The first-order valence-electron chi connectivity index (χ1n) is 10.2. The van der Waals surface area contributed by atoms with Gasteiger partial charge in [0.25, 0.3) is 11.1 Å². The van der Waals surface area contributed by atoms with Crippen LogP contribution < -0.4 is 10.1 Å². The van der Waals surface area contributed by atoms with Crippen molar-refractivity contribution >= 4 is 63.8 Å². The fourth-order valence-electron chi connectivity index (χ4n) is 3.12. The SMILES string of the molecule is O=C(CN1C(=O)S/C(=C\c2ccc(OCc3ccc(Cl)cc3)c(Cl)c2)C1=O)Nc1ccccc1. The second kappa shape index (κ2) is 10.8. The lowest BCUT2D eigenvalue weighted by Crippen LogP contribution is -2.36. The van der Waals surface area contributed by atoms with E-state index < -0.39 is 17.1 Å². The van der Waals surface area contributed by atoms with Crippen LogP contribution in [0.4, 0.5) is 10.5 Å². The number of anilines is 1. The van der Waals surface area contributed by atoms with Gasteiger partial charge in [-0.15, -0.1) is 0 Å². The zero-order valence-electron chi connectivity index (χ0n) is 17.7. The molecular formula is C25H18Cl2N2O4S. The first-order chi connectivity index (χ1) is 16.4. The molecule has 3 aromatic rings. The van der Waals surface area contributed by atoms with Crippen LogP contribution in [0.25, 0.3) is 6.08 Å². The number of para-hydroxylation sites is 1. The molecule has 0 spiro atoms. The van der Waals surface area contributed by atoms with Crippen molar-refractivity contribution in [2.75, 3.05) is 11.9 Å². The number of nitrogens with one attached hydrogen (secondary N) is 1. The highest BCUT2D eigenvalue weighted by Gasteiger charge is 2.36. The van der Waals surface area contributed by atoms with Gasteiger partial charge in [-0.1, -0.05) is 59.6 Å². The maximum atomic E-state index is 12.7. The summed E-state index contributed by atoms with van der Waals surface area (Å²) in [4.78, 5) is 38.4. The Morgan fingerprint density at radius 2 is 1.74 bits per heavy atom. The number of hydrogen-bond acceptors (Lipinski definition) is 5. The molecule has 1 heterocycles. The van der Waals surface area contributed by atoms with Crippen LogP contribution in [0, 0.1) is 0 Å². The number of hydrogen-bond donors (Lipinski definition) is 1. The molecule has 0 bridgehead atoms. The first kappa shape index (κ1) is 23.9. The van der Waals surface area contributed by atoms with Crippen LogP contribution in [0.15, 0.2) is 77.7 Å². The number of carbonyl (C=O) groups excluding carboxylic acids is 3. The van der Waals surface area contributed by atoms with E-state index in [0.29, 0.717) is 33.7 Å². The molecule has 0 radical (unpaired) electrons. The third-order valence-corrected chi connectivity index (χ3v) is 6.25. The van der Waals surface area contributed by atoms with Gasteiger partial charge in [0.1, 0.15) is 18.9 Å². The molecule has 6 nitrogen and oxygen atoms in total. The van der Waals surface area contributed by atoms with Crippen molar-refractivity contribution < 1.29 is 19.1 Å². The lowest BCUT2D eigenvalue weighted by atomic mass is 10.2. The highest BCUT2D eigenvalue weighted by Crippen LogP contribution is 2.34. The zero-order valence-corrected chi connectivity index (χ0v) is 20.0. The van der Waals surface area contributed by atoms with Crippen LogP contribution >= 0.6 is 35.0 Å². The van der Waals surface area contributed by atoms with E-state index in [0.717, 1.165) is 22.2 Å². The summed E-state index contributed by atoms with van der Waals surface area (Å²) in [6, 6.07) is 21.2. The van der Waals surface area contributed by atoms with Crippen LogP contribution in [0.1, 0.15) is 11.1 Å². The van der Waals surface area contributed by atoms with Gasteiger partial charge in [-0.2, -0.15) is 0 Å². The number of ether oxygens (including phenoxy) is 1. The average Bonchev–Trinajstić information content (AvgIpc) is 3.07. The van der Waals surface area contributed by atoms with Gasteiger partial charge in [0.15, 0.2) is 0 Å². The van der Waals surface area contributed by atoms with E-state index in [4.69, 9.17) is 27.9 Å². The summed E-state index contributed by atoms with van der Waals surface area (Å²) in [5.41, 5.74) is 2.15. The smallest absolute Gasteiger partial charge is 0.294 e. The average molecular weight is 513 g/mol. The minimum atomic E-state index is -0.530. The van der Waals surface area contributed by atoms with Gasteiger partial charge in [0, 0.05) is 10.7 Å². The molecular weight excluding hydrogens is 495 g/mol. The number of thioether (sulfide) groups is 1. The van der Waals surface area contributed by atoms with Crippen molar-refractivity contribution in [1.29, 1.82) is 0 Å². The molecule has 34 heavy (non-hydrogen) atoms. The lowest BCUT2D eigenvalue weighted by molar-refractivity contribution is -0.127. The van der Waals surface area contributed by atoms with E-state index in [-0.39, 0.29) is 11.4 Å². The van der Waals surface area contributed by atoms with E-state index in [1.165, 1.54) is 0 Å². The van der Waals surface area contributed by atoms with Gasteiger partial charge in [-0.25, -0.2) is 0 Å². The Morgan fingerprint density at radius 3 is 2.44 bits per heavy atom. The molecule has 4 rings (SSSR count). The number of halogens is 2. The molecule has 172 valence electrons. The second-order valence-corrected chi connectivity index (χ2v) is 9.12. The van der Waals surface area contributed by atoms with Crippen molar-refractivity contribution in [1.82, 2.24) is 4.90 Å². The maximum Gasteiger partial charge on any atom is 0.294 e. The third-order valence-electron chi connectivity index (χ3n) is 4.79. The molecule has 0 saturated carbocycles. The molecule has 1 N–H and O–H groups in total. The molecule has 3 amide bonds. The maximum absolute atomic E-state index is 12.7. The largest absolute Gasteiger partial charge is 0.487 e. The number of imide groups is 1. The Hall–Kier alpha value is -3.26. The summed E-state index contributed by atoms with van der Waals surface area (Å²) >= 11 is 13.0. The molecule has 0 aromatic heterocycles. The van der Waals surface area contributed by atoms with Gasteiger partial charge < -0.3 is 10.1 Å². The predicted octanol–water partition coefficient (Wildman–Crippen LogP) is 6.25. The number of amides is 3. The quantitative estimate of drug-likeness (QED) is 0.378. The number of nitrogens with zero attached hydrogens (tertiary/aromatic N) is 1. The summed E-state index contributed by atoms with van der Waals surface area (Å²) in [7, 11) is 0. The van der Waals surface area contributed by atoms with Crippen molar-refractivity contribution in [3.05, 3.63) is 98.9 Å². The normalized spacial score (nSPS) is 14.5. The molecule has 0 unspecified atom stereocenters. The fourth-order valence-corrected chi connectivity index (χ4v) is 4.33. The first-order valence-corrected chi connectivity index (χ1v) is 11.7. The monoisotopic (exact) mass is 512 g/mol. The third kappa shape index (κ3) is 5.99. The molecule has 0 atom stereocenters. The van der Waals surface area contributed by atoms with Crippen LogP contribution in [0.3, 0.4) is 0 Å². The number of carbonyl (C=O) groups is 3. The highest BCUT2D eigenvalue weighted by molar-refractivity contribution is 8.18. The van der Waals surface area contributed by atoms with Crippen LogP contribution in [0.5, 0.6) is 5.75 Å². The Balaban J connectivity index is 1.39. The van der Waals surface area contributed by atoms with E-state index >= 15 is 0 Å². The Kier molecular flexibility index (Phi) is 7.57. The van der Waals surface area contributed by atoms with E-state index in [1.54, 1.807) is 60.7 Å². The van der Waals surface area contributed by atoms with Gasteiger partial charge in [0.2, 0.25) is 5.91 Å². The van der Waals surface area contributed by atoms with Crippen LogP contribution in [-0.2, 0) is 16.2 Å². The minimum Gasteiger partial charge on any atom is -0.487 e.